The number of sulfonamides is 1. The molecule has 20 heavy (non-hydrogen) atoms. The van der Waals surface area contributed by atoms with E-state index in [1.807, 2.05) is 0 Å². The standard InChI is InChI=1S/C13H17FN2O3S/c1-20(18,19)16-8-2-3-12(16)9-15-13(17)10-4-6-11(14)7-5-10/h4-7,12H,2-3,8-9H2,1H3,(H,15,17). The van der Waals surface area contributed by atoms with Gasteiger partial charge in [-0.2, -0.15) is 4.31 Å². The van der Waals surface area contributed by atoms with Crippen LogP contribution in [0.1, 0.15) is 23.2 Å². The molecule has 1 atom stereocenters. The van der Waals surface area contributed by atoms with Gasteiger partial charge in [-0.25, -0.2) is 12.8 Å². The third-order valence-corrected chi connectivity index (χ3v) is 4.69. The predicted octanol–water partition coefficient (Wildman–Crippen LogP) is 0.979. The summed E-state index contributed by atoms with van der Waals surface area (Å²) in [4.78, 5) is 11.9. The zero-order valence-corrected chi connectivity index (χ0v) is 12.0. The number of amides is 1. The monoisotopic (exact) mass is 300 g/mol. The largest absolute Gasteiger partial charge is 0.350 e. The Hall–Kier alpha value is -1.47. The highest BCUT2D eigenvalue weighted by atomic mass is 32.2. The second-order valence-electron chi connectivity index (χ2n) is 4.89. The Labute approximate surface area is 117 Å². The highest BCUT2D eigenvalue weighted by molar-refractivity contribution is 7.88. The van der Waals surface area contributed by atoms with Crippen LogP contribution in [0.25, 0.3) is 0 Å². The number of carbonyl (C=O) groups is 1. The molecule has 2 rings (SSSR count). The quantitative estimate of drug-likeness (QED) is 0.901. The maximum Gasteiger partial charge on any atom is 0.251 e. The van der Waals surface area contributed by atoms with Gasteiger partial charge in [0.2, 0.25) is 10.0 Å². The van der Waals surface area contributed by atoms with Crippen molar-refractivity contribution in [2.45, 2.75) is 18.9 Å². The molecule has 0 spiro atoms. The molecule has 0 bridgehead atoms. The maximum atomic E-state index is 12.8. The van der Waals surface area contributed by atoms with Crippen LogP contribution in [-0.4, -0.2) is 44.0 Å². The third kappa shape index (κ3) is 3.55. The van der Waals surface area contributed by atoms with Crippen LogP contribution in [0.2, 0.25) is 0 Å². The van der Waals surface area contributed by atoms with Gasteiger partial charge in [0.1, 0.15) is 5.82 Å². The summed E-state index contributed by atoms with van der Waals surface area (Å²) in [6.07, 6.45) is 2.70. The summed E-state index contributed by atoms with van der Waals surface area (Å²) in [5.41, 5.74) is 0.357. The molecule has 110 valence electrons. The molecule has 0 radical (unpaired) electrons. The van der Waals surface area contributed by atoms with Gasteiger partial charge >= 0.3 is 0 Å². The number of hydrogen-bond donors (Lipinski definition) is 1. The van der Waals surface area contributed by atoms with Crippen molar-refractivity contribution < 1.29 is 17.6 Å². The lowest BCUT2D eigenvalue weighted by molar-refractivity contribution is 0.0946. The van der Waals surface area contributed by atoms with E-state index in [1.54, 1.807) is 0 Å². The average Bonchev–Trinajstić information content (AvgIpc) is 2.85. The van der Waals surface area contributed by atoms with Crippen LogP contribution in [0, 0.1) is 5.82 Å². The number of benzene rings is 1. The molecule has 1 aliphatic heterocycles. The van der Waals surface area contributed by atoms with E-state index >= 15 is 0 Å². The highest BCUT2D eigenvalue weighted by Gasteiger charge is 2.31. The van der Waals surface area contributed by atoms with Gasteiger partial charge in [-0.05, 0) is 37.1 Å². The Morgan fingerprint density at radius 3 is 2.65 bits per heavy atom. The number of halogens is 1. The van der Waals surface area contributed by atoms with Crippen LogP contribution in [0.3, 0.4) is 0 Å². The lowest BCUT2D eigenvalue weighted by Crippen LogP contribution is -2.42. The van der Waals surface area contributed by atoms with E-state index in [-0.39, 0.29) is 18.5 Å². The van der Waals surface area contributed by atoms with Gasteiger partial charge < -0.3 is 5.32 Å². The van der Waals surface area contributed by atoms with E-state index in [2.05, 4.69) is 5.32 Å². The summed E-state index contributed by atoms with van der Waals surface area (Å²) in [6.45, 7) is 0.763. The second kappa shape index (κ2) is 5.88. The van der Waals surface area contributed by atoms with Gasteiger partial charge in [0.15, 0.2) is 0 Å². The molecular weight excluding hydrogens is 283 g/mol. The van der Waals surface area contributed by atoms with Crippen LogP contribution in [0.15, 0.2) is 24.3 Å². The van der Waals surface area contributed by atoms with Crippen molar-refractivity contribution in [3.63, 3.8) is 0 Å². The van der Waals surface area contributed by atoms with Gasteiger partial charge in [0.25, 0.3) is 5.91 Å². The Balaban J connectivity index is 1.95. The molecule has 0 aliphatic carbocycles. The molecule has 1 fully saturated rings. The van der Waals surface area contributed by atoms with E-state index in [0.717, 1.165) is 12.8 Å². The molecule has 1 saturated heterocycles. The minimum absolute atomic E-state index is 0.200. The molecule has 1 aromatic carbocycles. The van der Waals surface area contributed by atoms with Crippen molar-refractivity contribution in [2.75, 3.05) is 19.3 Å². The number of carbonyl (C=O) groups excluding carboxylic acids is 1. The zero-order chi connectivity index (χ0) is 14.8. The lowest BCUT2D eigenvalue weighted by Gasteiger charge is -2.22. The first-order valence-electron chi connectivity index (χ1n) is 6.38. The maximum absolute atomic E-state index is 12.8. The fourth-order valence-corrected chi connectivity index (χ4v) is 3.55. The topological polar surface area (TPSA) is 66.5 Å². The molecule has 1 N–H and O–H groups in total. The third-order valence-electron chi connectivity index (χ3n) is 3.35. The van der Waals surface area contributed by atoms with Crippen molar-refractivity contribution >= 4 is 15.9 Å². The zero-order valence-electron chi connectivity index (χ0n) is 11.2. The molecular formula is C13H17FN2O3S. The van der Waals surface area contributed by atoms with E-state index < -0.39 is 15.8 Å². The first kappa shape index (κ1) is 14.9. The highest BCUT2D eigenvalue weighted by Crippen LogP contribution is 2.19. The normalized spacial score (nSPS) is 20.0. The van der Waals surface area contributed by atoms with Crippen LogP contribution < -0.4 is 5.32 Å². The summed E-state index contributed by atoms with van der Waals surface area (Å²) in [6, 6.07) is 5.02. The van der Waals surface area contributed by atoms with Gasteiger partial charge in [-0.1, -0.05) is 0 Å². The Morgan fingerprint density at radius 1 is 1.40 bits per heavy atom. The predicted molar refractivity (Wildman–Crippen MR) is 73.3 cm³/mol. The number of rotatable bonds is 4. The van der Waals surface area contributed by atoms with E-state index in [9.17, 15) is 17.6 Å². The van der Waals surface area contributed by atoms with Gasteiger partial charge in [-0.3, -0.25) is 4.79 Å². The first-order valence-corrected chi connectivity index (χ1v) is 8.23. The molecule has 0 aromatic heterocycles. The van der Waals surface area contributed by atoms with Crippen molar-refractivity contribution in [1.82, 2.24) is 9.62 Å². The number of nitrogens with zero attached hydrogens (tertiary/aromatic N) is 1. The van der Waals surface area contributed by atoms with Crippen molar-refractivity contribution in [1.29, 1.82) is 0 Å². The molecule has 1 aromatic rings. The van der Waals surface area contributed by atoms with Crippen molar-refractivity contribution in [3.8, 4) is 0 Å². The Kier molecular flexibility index (Phi) is 4.39. The molecule has 1 amide bonds. The van der Waals surface area contributed by atoms with Crippen LogP contribution in [-0.2, 0) is 10.0 Å². The van der Waals surface area contributed by atoms with Gasteiger partial charge in [0, 0.05) is 24.7 Å². The van der Waals surface area contributed by atoms with E-state index in [1.165, 1.54) is 34.8 Å². The summed E-state index contributed by atoms with van der Waals surface area (Å²) in [7, 11) is -3.24. The minimum Gasteiger partial charge on any atom is -0.350 e. The SMILES string of the molecule is CS(=O)(=O)N1CCCC1CNC(=O)c1ccc(F)cc1. The molecule has 0 saturated carbocycles. The smallest absolute Gasteiger partial charge is 0.251 e. The van der Waals surface area contributed by atoms with Crippen molar-refractivity contribution in [2.24, 2.45) is 0 Å². The lowest BCUT2D eigenvalue weighted by atomic mass is 10.2. The fourth-order valence-electron chi connectivity index (χ4n) is 2.36. The van der Waals surface area contributed by atoms with E-state index in [0.29, 0.717) is 12.1 Å². The van der Waals surface area contributed by atoms with Gasteiger partial charge in [-0.15, -0.1) is 0 Å². The summed E-state index contributed by atoms with van der Waals surface area (Å²) in [5.74, 6) is -0.731. The van der Waals surface area contributed by atoms with Crippen molar-refractivity contribution in [3.05, 3.63) is 35.6 Å². The molecule has 7 heteroatoms. The average molecular weight is 300 g/mol. The number of hydrogen-bond acceptors (Lipinski definition) is 3. The fraction of sp³-hybridized carbons (Fsp3) is 0.462. The van der Waals surface area contributed by atoms with E-state index in [4.69, 9.17) is 0 Å². The summed E-state index contributed by atoms with van der Waals surface area (Å²) < 4.78 is 37.3. The minimum atomic E-state index is -3.24. The Bertz CT molecular complexity index is 586. The molecule has 1 heterocycles. The Morgan fingerprint density at radius 2 is 2.05 bits per heavy atom. The first-order chi connectivity index (χ1) is 9.38. The summed E-state index contributed by atoms with van der Waals surface area (Å²) >= 11 is 0. The number of nitrogens with one attached hydrogen (secondary N) is 1. The summed E-state index contributed by atoms with van der Waals surface area (Å²) in [5, 5.41) is 2.69. The molecule has 5 nitrogen and oxygen atoms in total. The van der Waals surface area contributed by atoms with Crippen LogP contribution >= 0.6 is 0 Å². The van der Waals surface area contributed by atoms with Crippen LogP contribution in [0.4, 0.5) is 4.39 Å². The molecule has 1 aliphatic rings. The molecule has 1 unspecified atom stereocenters. The van der Waals surface area contributed by atoms with Crippen LogP contribution in [0.5, 0.6) is 0 Å². The second-order valence-corrected chi connectivity index (χ2v) is 6.82. The van der Waals surface area contributed by atoms with Gasteiger partial charge in [0.05, 0.1) is 6.26 Å².